The molecule has 126 valence electrons. The van der Waals surface area contributed by atoms with Gasteiger partial charge in [-0.05, 0) is 12.8 Å². The van der Waals surface area contributed by atoms with Gasteiger partial charge in [-0.2, -0.15) is 0 Å². The average molecular weight is 328 g/mol. The summed E-state index contributed by atoms with van der Waals surface area (Å²) in [7, 11) is 0. The summed E-state index contributed by atoms with van der Waals surface area (Å²) >= 11 is 0. The summed E-state index contributed by atoms with van der Waals surface area (Å²) in [4.78, 5) is 12.2. The lowest BCUT2D eigenvalue weighted by Gasteiger charge is -2.37. The molecule has 1 amide bonds. The predicted molar refractivity (Wildman–Crippen MR) is 88.7 cm³/mol. The van der Waals surface area contributed by atoms with Crippen LogP contribution < -0.4 is 16.4 Å². The highest BCUT2D eigenvalue weighted by Gasteiger charge is 2.31. The molecule has 1 aromatic carbocycles. The van der Waals surface area contributed by atoms with Crippen molar-refractivity contribution in [2.75, 3.05) is 6.61 Å². The summed E-state index contributed by atoms with van der Waals surface area (Å²) in [5.74, 6) is -0.0759. The normalized spacial score (nSPS) is 20.3. The van der Waals surface area contributed by atoms with Gasteiger partial charge in [-0.1, -0.05) is 35.5 Å². The largest absolute Gasteiger partial charge is 0.403 e. The fourth-order valence-corrected chi connectivity index (χ4v) is 2.65. The molecule has 1 heterocycles. The number of rotatable bonds is 6. The second-order valence-corrected chi connectivity index (χ2v) is 5.78. The van der Waals surface area contributed by atoms with Gasteiger partial charge in [-0.3, -0.25) is 4.79 Å². The smallest absolute Gasteiger partial charge is 0.290 e. The molecular formula is C17H20N4O3. The molecule has 1 aromatic heterocycles. The van der Waals surface area contributed by atoms with Crippen molar-refractivity contribution in [3.8, 4) is 11.3 Å². The topological polar surface area (TPSA) is 113 Å². The minimum absolute atomic E-state index is 0.0676. The van der Waals surface area contributed by atoms with Crippen molar-refractivity contribution in [3.05, 3.63) is 54.1 Å². The van der Waals surface area contributed by atoms with E-state index in [-0.39, 0.29) is 30.4 Å². The Labute approximate surface area is 139 Å². The quantitative estimate of drug-likeness (QED) is 0.629. The number of aliphatic hydroxyl groups excluding tert-OH is 1. The number of nitrogens with zero attached hydrogens (tertiary/aromatic N) is 1. The molecule has 1 saturated carbocycles. The number of hydrogen-bond donors (Lipinski definition) is 4. The molecule has 0 saturated heterocycles. The number of nitrogens with two attached hydrogens (primary N) is 1. The Bertz CT molecular complexity index is 720. The Morgan fingerprint density at radius 3 is 2.67 bits per heavy atom. The minimum Gasteiger partial charge on any atom is -0.403 e. The summed E-state index contributed by atoms with van der Waals surface area (Å²) < 4.78 is 5.14. The molecule has 1 aliphatic carbocycles. The zero-order valence-corrected chi connectivity index (χ0v) is 13.1. The molecular weight excluding hydrogens is 308 g/mol. The maximum Gasteiger partial charge on any atom is 0.290 e. The van der Waals surface area contributed by atoms with Gasteiger partial charge in [-0.15, -0.1) is 0 Å². The van der Waals surface area contributed by atoms with Gasteiger partial charge in [-0.25, -0.2) is 0 Å². The molecule has 2 aromatic rings. The standard InChI is InChI=1S/C17H20N4O3/c18-9-14(10-22)19-12-6-13(7-12)20-17(23)16-8-15(21-24-16)11-4-2-1-3-5-11/h1-5,8-9,12-13,19,22H,6-7,10,18H2,(H,20,23)/b14-9-. The number of aromatic nitrogens is 1. The van der Waals surface area contributed by atoms with Gasteiger partial charge in [0.05, 0.1) is 12.3 Å². The molecule has 3 rings (SSSR count). The summed E-state index contributed by atoms with van der Waals surface area (Å²) in [6.07, 6.45) is 2.89. The summed E-state index contributed by atoms with van der Waals surface area (Å²) in [6.45, 7) is -0.121. The van der Waals surface area contributed by atoms with Crippen LogP contribution >= 0.6 is 0 Å². The summed E-state index contributed by atoms with van der Waals surface area (Å²) in [5, 5.41) is 19.0. The van der Waals surface area contributed by atoms with Crippen molar-refractivity contribution in [2.24, 2.45) is 5.73 Å². The highest BCUT2D eigenvalue weighted by atomic mass is 16.5. The van der Waals surface area contributed by atoms with Crippen LogP contribution in [0.2, 0.25) is 0 Å². The van der Waals surface area contributed by atoms with Crippen LogP contribution in [-0.4, -0.2) is 34.9 Å². The molecule has 0 radical (unpaired) electrons. The number of amides is 1. The Balaban J connectivity index is 1.51. The Morgan fingerprint density at radius 1 is 1.29 bits per heavy atom. The van der Waals surface area contributed by atoms with Crippen LogP contribution in [0.3, 0.4) is 0 Å². The first-order chi connectivity index (χ1) is 11.7. The highest BCUT2D eigenvalue weighted by molar-refractivity contribution is 5.92. The van der Waals surface area contributed by atoms with E-state index in [1.54, 1.807) is 6.07 Å². The fourth-order valence-electron chi connectivity index (χ4n) is 2.65. The first kappa shape index (κ1) is 16.1. The van der Waals surface area contributed by atoms with Crippen LogP contribution in [0.1, 0.15) is 23.4 Å². The second-order valence-electron chi connectivity index (χ2n) is 5.78. The first-order valence-corrected chi connectivity index (χ1v) is 7.80. The van der Waals surface area contributed by atoms with E-state index in [1.807, 2.05) is 30.3 Å². The minimum atomic E-state index is -0.273. The van der Waals surface area contributed by atoms with Crippen molar-refractivity contribution in [2.45, 2.75) is 24.9 Å². The number of carbonyl (C=O) groups excluding carboxylic acids is 1. The SMILES string of the molecule is N/C=C(/CO)NC1CC(NC(=O)c2cc(-c3ccccc3)no2)C1. The number of benzene rings is 1. The zero-order chi connectivity index (χ0) is 16.9. The molecule has 24 heavy (non-hydrogen) atoms. The van der Waals surface area contributed by atoms with E-state index in [0.29, 0.717) is 11.4 Å². The van der Waals surface area contributed by atoms with Gasteiger partial charge in [0.25, 0.3) is 5.91 Å². The number of nitrogens with one attached hydrogen (secondary N) is 2. The van der Waals surface area contributed by atoms with Gasteiger partial charge < -0.3 is 26.0 Å². The van der Waals surface area contributed by atoms with Crippen molar-refractivity contribution >= 4 is 5.91 Å². The Hall–Kier alpha value is -2.80. The molecule has 0 unspecified atom stereocenters. The Morgan fingerprint density at radius 2 is 2.00 bits per heavy atom. The van der Waals surface area contributed by atoms with Gasteiger partial charge in [0.1, 0.15) is 5.69 Å². The third-order valence-electron chi connectivity index (χ3n) is 4.04. The van der Waals surface area contributed by atoms with E-state index < -0.39 is 0 Å². The average Bonchev–Trinajstić information content (AvgIpc) is 3.07. The van der Waals surface area contributed by atoms with Crippen molar-refractivity contribution < 1.29 is 14.4 Å². The lowest BCUT2D eigenvalue weighted by atomic mass is 9.86. The molecule has 1 aliphatic rings. The van der Waals surface area contributed by atoms with Gasteiger partial charge in [0, 0.05) is 29.9 Å². The molecule has 5 N–H and O–H groups in total. The van der Waals surface area contributed by atoms with Crippen LogP contribution in [0.15, 0.2) is 52.8 Å². The zero-order valence-electron chi connectivity index (χ0n) is 13.1. The molecule has 7 heteroatoms. The van der Waals surface area contributed by atoms with E-state index in [1.165, 1.54) is 6.20 Å². The first-order valence-electron chi connectivity index (χ1n) is 7.80. The van der Waals surface area contributed by atoms with E-state index >= 15 is 0 Å². The van der Waals surface area contributed by atoms with E-state index in [4.69, 9.17) is 15.4 Å². The maximum atomic E-state index is 12.2. The lowest BCUT2D eigenvalue weighted by molar-refractivity contribution is 0.0866. The number of aliphatic hydroxyl groups is 1. The van der Waals surface area contributed by atoms with Crippen LogP contribution in [0.4, 0.5) is 0 Å². The predicted octanol–water partition coefficient (Wildman–Crippen LogP) is 0.984. The fraction of sp³-hybridized carbons (Fsp3) is 0.294. The molecule has 0 bridgehead atoms. The molecule has 0 aliphatic heterocycles. The monoisotopic (exact) mass is 328 g/mol. The maximum absolute atomic E-state index is 12.2. The van der Waals surface area contributed by atoms with Gasteiger partial charge in [0.15, 0.2) is 0 Å². The second kappa shape index (κ2) is 7.18. The lowest BCUT2D eigenvalue weighted by Crippen LogP contribution is -2.52. The van der Waals surface area contributed by atoms with Gasteiger partial charge >= 0.3 is 0 Å². The van der Waals surface area contributed by atoms with E-state index in [9.17, 15) is 4.79 Å². The third-order valence-corrected chi connectivity index (χ3v) is 4.04. The number of hydrogen-bond acceptors (Lipinski definition) is 6. The van der Waals surface area contributed by atoms with E-state index in [2.05, 4.69) is 15.8 Å². The molecule has 0 spiro atoms. The van der Waals surface area contributed by atoms with Crippen molar-refractivity contribution in [3.63, 3.8) is 0 Å². The van der Waals surface area contributed by atoms with Crippen molar-refractivity contribution in [1.82, 2.24) is 15.8 Å². The Kier molecular flexibility index (Phi) is 4.81. The number of carbonyl (C=O) groups is 1. The van der Waals surface area contributed by atoms with Crippen LogP contribution in [0.25, 0.3) is 11.3 Å². The van der Waals surface area contributed by atoms with Gasteiger partial charge in [0.2, 0.25) is 5.76 Å². The molecule has 0 atom stereocenters. The van der Waals surface area contributed by atoms with Crippen LogP contribution in [0, 0.1) is 0 Å². The summed E-state index contributed by atoms with van der Waals surface area (Å²) in [5.41, 5.74) is 7.50. The summed E-state index contributed by atoms with van der Waals surface area (Å²) in [6, 6.07) is 11.4. The molecule has 1 fully saturated rings. The van der Waals surface area contributed by atoms with E-state index in [0.717, 1.165) is 18.4 Å². The third kappa shape index (κ3) is 3.57. The van der Waals surface area contributed by atoms with Crippen LogP contribution in [-0.2, 0) is 0 Å². The molecule has 7 nitrogen and oxygen atoms in total. The highest BCUT2D eigenvalue weighted by Crippen LogP contribution is 2.22. The van der Waals surface area contributed by atoms with Crippen molar-refractivity contribution in [1.29, 1.82) is 0 Å². The van der Waals surface area contributed by atoms with Crippen LogP contribution in [0.5, 0.6) is 0 Å².